The zero-order valence-electron chi connectivity index (χ0n) is 19.3. The van der Waals surface area contributed by atoms with Crippen LogP contribution in [0.3, 0.4) is 0 Å². The molecule has 178 valence electrons. The van der Waals surface area contributed by atoms with Gasteiger partial charge in [-0.15, -0.1) is 0 Å². The molecule has 1 amide bonds. The highest BCUT2D eigenvalue weighted by Gasteiger charge is 2.32. The van der Waals surface area contributed by atoms with Gasteiger partial charge in [-0.2, -0.15) is 0 Å². The number of hydrogen-bond acceptors (Lipinski definition) is 8. The molecule has 0 unspecified atom stereocenters. The Hall–Kier alpha value is -2.27. The molecule has 0 spiro atoms. The Morgan fingerprint density at radius 1 is 1.18 bits per heavy atom. The first kappa shape index (κ1) is 25.4. The summed E-state index contributed by atoms with van der Waals surface area (Å²) in [7, 11) is 0. The number of aryl methyl sites for hydroxylation is 1. The van der Waals surface area contributed by atoms with E-state index in [4.69, 9.17) is 26.7 Å². The van der Waals surface area contributed by atoms with Gasteiger partial charge in [0, 0.05) is 45.7 Å². The first-order valence-corrected chi connectivity index (χ1v) is 12.4. The predicted molar refractivity (Wildman–Crippen MR) is 137 cm³/mol. The first-order valence-electron chi connectivity index (χ1n) is 11.1. The highest BCUT2D eigenvalue weighted by atomic mass is 32.2. The molecule has 33 heavy (non-hydrogen) atoms. The van der Waals surface area contributed by atoms with E-state index in [1.54, 1.807) is 17.2 Å². The summed E-state index contributed by atoms with van der Waals surface area (Å²) in [6.45, 7) is 9.35. The first-order chi connectivity index (χ1) is 16.0. The Bertz CT molecular complexity index is 1100. The number of thioether (sulfide) groups is 1. The molecule has 10 heteroatoms. The molecule has 1 fully saturated rings. The summed E-state index contributed by atoms with van der Waals surface area (Å²) in [4.78, 5) is 33.1. The van der Waals surface area contributed by atoms with Crippen LogP contribution in [0.25, 0.3) is 11.7 Å². The second kappa shape index (κ2) is 12.3. The minimum Gasteiger partial charge on any atom is -0.382 e. The lowest BCUT2D eigenvalue weighted by Gasteiger charge is -2.14. The molecule has 0 atom stereocenters. The van der Waals surface area contributed by atoms with Crippen LogP contribution in [-0.4, -0.2) is 64.0 Å². The average molecular weight is 491 g/mol. The van der Waals surface area contributed by atoms with E-state index in [9.17, 15) is 9.59 Å². The van der Waals surface area contributed by atoms with Gasteiger partial charge in [0.25, 0.3) is 11.5 Å². The summed E-state index contributed by atoms with van der Waals surface area (Å²) >= 11 is 6.62. The van der Waals surface area contributed by atoms with Gasteiger partial charge in [-0.3, -0.25) is 18.9 Å². The molecule has 0 aliphatic carbocycles. The second-order valence-corrected chi connectivity index (χ2v) is 9.10. The van der Waals surface area contributed by atoms with Gasteiger partial charge in [-0.05, 0) is 51.3 Å². The van der Waals surface area contributed by atoms with Crippen LogP contribution in [0.5, 0.6) is 0 Å². The Morgan fingerprint density at radius 2 is 1.91 bits per heavy atom. The van der Waals surface area contributed by atoms with Crippen molar-refractivity contribution < 1.29 is 14.3 Å². The maximum Gasteiger partial charge on any atom is 0.267 e. The molecule has 8 nitrogen and oxygen atoms in total. The van der Waals surface area contributed by atoms with Crippen molar-refractivity contribution in [2.75, 3.05) is 44.8 Å². The zero-order chi connectivity index (χ0) is 23.8. The van der Waals surface area contributed by atoms with Gasteiger partial charge in [0.1, 0.15) is 15.8 Å². The van der Waals surface area contributed by atoms with Crippen molar-refractivity contribution in [1.29, 1.82) is 0 Å². The van der Waals surface area contributed by atoms with Gasteiger partial charge in [0.05, 0.1) is 10.5 Å². The van der Waals surface area contributed by atoms with Crippen molar-refractivity contribution in [3.05, 3.63) is 44.7 Å². The number of fused-ring (bicyclic) bond motifs is 1. The minimum atomic E-state index is -0.238. The molecule has 3 rings (SSSR count). The Labute approximate surface area is 203 Å². The van der Waals surface area contributed by atoms with E-state index in [0.717, 1.165) is 12.0 Å². The molecular weight excluding hydrogens is 460 g/mol. The molecule has 0 aromatic carbocycles. The Kier molecular flexibility index (Phi) is 9.42. The molecule has 2 aromatic rings. The van der Waals surface area contributed by atoms with Crippen LogP contribution in [-0.2, 0) is 14.3 Å². The maximum absolute atomic E-state index is 13.4. The molecule has 0 saturated carbocycles. The van der Waals surface area contributed by atoms with Crippen LogP contribution in [0, 0.1) is 6.92 Å². The molecule has 2 aromatic heterocycles. The number of anilines is 1. The summed E-state index contributed by atoms with van der Waals surface area (Å²) in [5, 5.41) is 3.26. The quantitative estimate of drug-likeness (QED) is 0.275. The van der Waals surface area contributed by atoms with Crippen molar-refractivity contribution in [3.63, 3.8) is 0 Å². The third kappa shape index (κ3) is 6.20. The lowest BCUT2D eigenvalue weighted by Crippen LogP contribution is -2.29. The standard InChI is InChI=1S/C23H30N4O4S2/c1-4-30-13-7-10-24-19-17(21(28)26-11-6-9-16(3)20(26)25-19)15-18-22(29)27(23(32)33-18)12-8-14-31-5-2/h6,9,11,15,24H,4-5,7-8,10,12-14H2,1-3H3/b18-15+. The molecule has 1 N–H and O–H groups in total. The predicted octanol–water partition coefficient (Wildman–Crippen LogP) is 3.47. The van der Waals surface area contributed by atoms with Crippen LogP contribution >= 0.6 is 24.0 Å². The van der Waals surface area contributed by atoms with E-state index in [0.29, 0.717) is 72.2 Å². The lowest BCUT2D eigenvalue weighted by atomic mass is 10.2. The topological polar surface area (TPSA) is 85.2 Å². The maximum atomic E-state index is 13.4. The molecular formula is C23H30N4O4S2. The van der Waals surface area contributed by atoms with Crippen LogP contribution in [0.4, 0.5) is 5.82 Å². The Balaban J connectivity index is 1.92. The number of thiocarbonyl (C=S) groups is 1. The monoisotopic (exact) mass is 490 g/mol. The lowest BCUT2D eigenvalue weighted by molar-refractivity contribution is -0.122. The highest BCUT2D eigenvalue weighted by molar-refractivity contribution is 8.26. The van der Waals surface area contributed by atoms with Gasteiger partial charge in [-0.1, -0.05) is 30.0 Å². The SMILES string of the molecule is CCOCCCNc1nc2c(C)cccn2c(=O)c1/C=C1/SC(=S)N(CCCOCC)C1=O. The third-order valence-electron chi connectivity index (χ3n) is 5.07. The van der Waals surface area contributed by atoms with Crippen LogP contribution < -0.4 is 10.9 Å². The summed E-state index contributed by atoms with van der Waals surface area (Å²) in [5.41, 5.74) is 1.57. The van der Waals surface area contributed by atoms with E-state index in [2.05, 4.69) is 5.32 Å². The second-order valence-electron chi connectivity index (χ2n) is 7.43. The van der Waals surface area contributed by atoms with E-state index in [1.165, 1.54) is 16.2 Å². The van der Waals surface area contributed by atoms with Crippen molar-refractivity contribution in [2.45, 2.75) is 33.6 Å². The van der Waals surface area contributed by atoms with Crippen LogP contribution in [0.2, 0.25) is 0 Å². The van der Waals surface area contributed by atoms with Gasteiger partial charge in [0.15, 0.2) is 0 Å². The van der Waals surface area contributed by atoms with E-state index in [-0.39, 0.29) is 11.5 Å². The molecule has 1 aliphatic heterocycles. The number of carbonyl (C=O) groups is 1. The summed E-state index contributed by atoms with van der Waals surface area (Å²) in [6, 6.07) is 3.72. The van der Waals surface area contributed by atoms with Crippen molar-refractivity contribution >= 4 is 51.7 Å². The molecule has 0 radical (unpaired) electrons. The van der Waals surface area contributed by atoms with Crippen LogP contribution in [0.1, 0.15) is 37.8 Å². The number of hydrogen-bond donors (Lipinski definition) is 1. The van der Waals surface area contributed by atoms with Crippen molar-refractivity contribution in [3.8, 4) is 0 Å². The smallest absolute Gasteiger partial charge is 0.267 e. The average Bonchev–Trinajstić information content (AvgIpc) is 3.06. The molecule has 1 aliphatic rings. The number of aromatic nitrogens is 2. The fraction of sp³-hybridized carbons (Fsp3) is 0.478. The Morgan fingerprint density at radius 3 is 2.64 bits per heavy atom. The fourth-order valence-corrected chi connectivity index (χ4v) is 4.69. The number of nitrogens with one attached hydrogen (secondary N) is 1. The molecule has 3 heterocycles. The van der Waals surface area contributed by atoms with Gasteiger partial charge in [-0.25, -0.2) is 4.98 Å². The largest absolute Gasteiger partial charge is 0.382 e. The minimum absolute atomic E-state index is 0.197. The number of rotatable bonds is 12. The van der Waals surface area contributed by atoms with Crippen molar-refractivity contribution in [1.82, 2.24) is 14.3 Å². The summed E-state index contributed by atoms with van der Waals surface area (Å²) in [6.07, 6.45) is 4.76. The van der Waals surface area contributed by atoms with Gasteiger partial charge in [0.2, 0.25) is 0 Å². The van der Waals surface area contributed by atoms with Gasteiger partial charge < -0.3 is 14.8 Å². The number of ether oxygens (including phenoxy) is 2. The summed E-state index contributed by atoms with van der Waals surface area (Å²) < 4.78 is 12.7. The normalized spacial score (nSPS) is 15.2. The van der Waals surface area contributed by atoms with Crippen molar-refractivity contribution in [2.24, 2.45) is 0 Å². The number of pyridine rings is 1. The van der Waals surface area contributed by atoms with E-state index >= 15 is 0 Å². The van der Waals surface area contributed by atoms with Crippen LogP contribution in [0.15, 0.2) is 28.0 Å². The third-order valence-corrected chi connectivity index (χ3v) is 6.45. The fourth-order valence-electron chi connectivity index (χ4n) is 3.39. The summed E-state index contributed by atoms with van der Waals surface area (Å²) in [5.74, 6) is 0.255. The number of amides is 1. The zero-order valence-corrected chi connectivity index (χ0v) is 20.9. The molecule has 1 saturated heterocycles. The molecule has 0 bridgehead atoms. The van der Waals surface area contributed by atoms with E-state index in [1.807, 2.05) is 32.9 Å². The number of carbonyl (C=O) groups excluding carboxylic acids is 1. The van der Waals surface area contributed by atoms with E-state index < -0.39 is 0 Å². The number of nitrogens with zero attached hydrogens (tertiary/aromatic N) is 3. The van der Waals surface area contributed by atoms with Gasteiger partial charge >= 0.3 is 0 Å². The highest BCUT2D eigenvalue weighted by Crippen LogP contribution is 2.33.